The number of benzene rings is 1. The fraction of sp³-hybridized carbons (Fsp3) is 0.0714. The third kappa shape index (κ3) is 3.41. The van der Waals surface area contributed by atoms with Gasteiger partial charge in [-0.15, -0.1) is 17.9 Å². The number of hydrogen-bond donors (Lipinski definition) is 2. The lowest BCUT2D eigenvalue weighted by atomic mass is 10.3. The van der Waals surface area contributed by atoms with Crippen LogP contribution >= 0.6 is 23.6 Å². The fourth-order valence-corrected chi connectivity index (χ4v) is 2.56. The van der Waals surface area contributed by atoms with E-state index >= 15 is 0 Å². The molecule has 4 nitrogen and oxygen atoms in total. The second kappa shape index (κ2) is 6.80. The first-order chi connectivity index (χ1) is 9.74. The van der Waals surface area contributed by atoms with Crippen LogP contribution in [0.25, 0.3) is 15.8 Å². The number of nitriles is 1. The average molecular weight is 300 g/mol. The maximum absolute atomic E-state index is 9.22. The smallest absolute Gasteiger partial charge is 0.170 e. The average Bonchev–Trinajstić information content (AvgIpc) is 2.89. The lowest BCUT2D eigenvalue weighted by Crippen LogP contribution is -2.31. The van der Waals surface area contributed by atoms with Crippen molar-refractivity contribution in [3.05, 3.63) is 48.1 Å². The monoisotopic (exact) mass is 300 g/mol. The molecule has 1 aromatic carbocycles. The summed E-state index contributed by atoms with van der Waals surface area (Å²) in [5.41, 5.74) is 1.34. The van der Waals surface area contributed by atoms with Crippen LogP contribution in [0.4, 0.5) is 0 Å². The molecule has 0 saturated carbocycles. The number of para-hydroxylation sites is 1. The fourth-order valence-electron chi connectivity index (χ4n) is 1.48. The highest BCUT2D eigenvalue weighted by Crippen LogP contribution is 2.26. The summed E-state index contributed by atoms with van der Waals surface area (Å²) in [4.78, 5) is 4.43. The summed E-state index contributed by atoms with van der Waals surface area (Å²) in [7, 11) is 0. The number of allylic oxidation sites excluding steroid dienone is 1. The van der Waals surface area contributed by atoms with Crippen molar-refractivity contribution in [3.8, 4) is 6.07 Å². The molecule has 0 bridgehead atoms. The molecule has 0 aliphatic carbocycles. The highest BCUT2D eigenvalue weighted by molar-refractivity contribution is 7.80. The van der Waals surface area contributed by atoms with E-state index < -0.39 is 0 Å². The topological polar surface area (TPSA) is 60.7 Å². The Morgan fingerprint density at radius 1 is 1.50 bits per heavy atom. The van der Waals surface area contributed by atoms with Crippen LogP contribution < -0.4 is 10.6 Å². The number of thiocarbonyl (C=S) groups is 1. The standard InChI is InChI=1S/C14H12N4S2/c1-2-7-16-14(19)17-9-10(8-15)13-18-11-5-3-4-6-12(11)20-13/h2-6,9H,1,7H2,(H2,16,17,19)/b10-9-. The van der Waals surface area contributed by atoms with Crippen molar-refractivity contribution < 1.29 is 0 Å². The number of fused-ring (bicyclic) bond motifs is 1. The molecule has 20 heavy (non-hydrogen) atoms. The summed E-state index contributed by atoms with van der Waals surface area (Å²) in [5, 5.41) is 16.1. The zero-order chi connectivity index (χ0) is 14.4. The predicted octanol–water partition coefficient (Wildman–Crippen LogP) is 2.81. The molecule has 2 rings (SSSR count). The van der Waals surface area contributed by atoms with E-state index in [2.05, 4.69) is 28.3 Å². The molecule has 0 atom stereocenters. The van der Waals surface area contributed by atoms with Crippen molar-refractivity contribution in [2.24, 2.45) is 0 Å². The Bertz CT molecular complexity index is 676. The van der Waals surface area contributed by atoms with Gasteiger partial charge in [-0.05, 0) is 24.4 Å². The van der Waals surface area contributed by atoms with Gasteiger partial charge in [0.15, 0.2) is 5.11 Å². The third-order valence-electron chi connectivity index (χ3n) is 2.40. The van der Waals surface area contributed by atoms with Crippen molar-refractivity contribution in [3.63, 3.8) is 0 Å². The van der Waals surface area contributed by atoms with Gasteiger partial charge in [-0.1, -0.05) is 18.2 Å². The molecule has 2 N–H and O–H groups in total. The van der Waals surface area contributed by atoms with E-state index in [0.717, 1.165) is 10.2 Å². The van der Waals surface area contributed by atoms with Gasteiger partial charge in [0.25, 0.3) is 0 Å². The summed E-state index contributed by atoms with van der Waals surface area (Å²) in [6.45, 7) is 4.16. The van der Waals surface area contributed by atoms with Crippen molar-refractivity contribution in [2.45, 2.75) is 0 Å². The highest BCUT2D eigenvalue weighted by Gasteiger charge is 2.08. The first-order valence-electron chi connectivity index (χ1n) is 5.86. The Morgan fingerprint density at radius 2 is 2.30 bits per heavy atom. The van der Waals surface area contributed by atoms with Gasteiger partial charge in [-0.2, -0.15) is 5.26 Å². The predicted molar refractivity (Wildman–Crippen MR) is 87.1 cm³/mol. The number of nitrogens with one attached hydrogen (secondary N) is 2. The molecular weight excluding hydrogens is 288 g/mol. The molecule has 0 spiro atoms. The number of aromatic nitrogens is 1. The first kappa shape index (κ1) is 14.2. The lowest BCUT2D eigenvalue weighted by Gasteiger charge is -2.04. The van der Waals surface area contributed by atoms with Gasteiger partial charge in [-0.25, -0.2) is 4.98 Å². The molecule has 100 valence electrons. The van der Waals surface area contributed by atoms with E-state index in [0.29, 0.717) is 22.2 Å². The highest BCUT2D eigenvalue weighted by atomic mass is 32.1. The van der Waals surface area contributed by atoms with Crippen LogP contribution in [0.2, 0.25) is 0 Å². The van der Waals surface area contributed by atoms with Gasteiger partial charge in [0.1, 0.15) is 16.6 Å². The molecular formula is C14H12N4S2. The zero-order valence-corrected chi connectivity index (χ0v) is 12.2. The molecule has 2 aromatic rings. The molecule has 1 aromatic heterocycles. The van der Waals surface area contributed by atoms with Gasteiger partial charge in [0.2, 0.25) is 0 Å². The molecule has 0 saturated heterocycles. The van der Waals surface area contributed by atoms with E-state index in [1.54, 1.807) is 12.3 Å². The van der Waals surface area contributed by atoms with Crippen molar-refractivity contribution in [1.29, 1.82) is 5.26 Å². The molecule has 0 aliphatic rings. The molecule has 0 aliphatic heterocycles. The van der Waals surface area contributed by atoms with Gasteiger partial charge in [-0.3, -0.25) is 0 Å². The van der Waals surface area contributed by atoms with Crippen LogP contribution in [-0.4, -0.2) is 16.6 Å². The Hall–Kier alpha value is -2.23. The van der Waals surface area contributed by atoms with Crippen LogP contribution in [-0.2, 0) is 0 Å². The zero-order valence-electron chi connectivity index (χ0n) is 10.6. The first-order valence-corrected chi connectivity index (χ1v) is 7.08. The summed E-state index contributed by atoms with van der Waals surface area (Å²) >= 11 is 6.54. The van der Waals surface area contributed by atoms with Crippen LogP contribution in [0.1, 0.15) is 5.01 Å². The van der Waals surface area contributed by atoms with Crippen molar-refractivity contribution >= 4 is 44.5 Å². The Labute approximate surface area is 126 Å². The maximum Gasteiger partial charge on any atom is 0.170 e. The van der Waals surface area contributed by atoms with Crippen LogP contribution in [0.5, 0.6) is 0 Å². The van der Waals surface area contributed by atoms with E-state index in [-0.39, 0.29) is 0 Å². The largest absolute Gasteiger partial charge is 0.359 e. The second-order valence-corrected chi connectivity index (χ2v) is 5.24. The van der Waals surface area contributed by atoms with Crippen LogP contribution in [0, 0.1) is 11.3 Å². The minimum absolute atomic E-state index is 0.443. The van der Waals surface area contributed by atoms with Crippen LogP contribution in [0.15, 0.2) is 43.1 Å². The SMILES string of the molecule is C=CCNC(=S)N/C=C(/C#N)c1nc2ccccc2s1. The van der Waals surface area contributed by atoms with Crippen molar-refractivity contribution in [1.82, 2.24) is 15.6 Å². The van der Waals surface area contributed by atoms with Gasteiger partial charge < -0.3 is 10.6 Å². The summed E-state index contributed by atoms with van der Waals surface area (Å²) in [5.74, 6) is 0. The summed E-state index contributed by atoms with van der Waals surface area (Å²) < 4.78 is 1.05. The van der Waals surface area contributed by atoms with Gasteiger partial charge in [0.05, 0.1) is 10.2 Å². The van der Waals surface area contributed by atoms with E-state index in [9.17, 15) is 5.26 Å². The Kier molecular flexibility index (Phi) is 4.82. The number of rotatable bonds is 4. The van der Waals surface area contributed by atoms with Crippen LogP contribution in [0.3, 0.4) is 0 Å². The normalized spacial score (nSPS) is 10.8. The third-order valence-corrected chi connectivity index (χ3v) is 3.73. The van der Waals surface area contributed by atoms with Crippen molar-refractivity contribution in [2.75, 3.05) is 6.54 Å². The van der Waals surface area contributed by atoms with Gasteiger partial charge in [0, 0.05) is 12.7 Å². The van der Waals surface area contributed by atoms with Gasteiger partial charge >= 0.3 is 0 Å². The lowest BCUT2D eigenvalue weighted by molar-refractivity contribution is 1.01. The molecule has 0 radical (unpaired) electrons. The summed E-state index contributed by atoms with van der Waals surface area (Å²) in [6.07, 6.45) is 3.27. The number of hydrogen-bond acceptors (Lipinski definition) is 4. The Balaban J connectivity index is 2.17. The summed E-state index contributed by atoms with van der Waals surface area (Å²) in [6, 6.07) is 9.91. The number of thiazole rings is 1. The second-order valence-electron chi connectivity index (χ2n) is 3.80. The number of nitrogens with zero attached hydrogens (tertiary/aromatic N) is 2. The van der Waals surface area contributed by atoms with E-state index in [1.165, 1.54) is 11.3 Å². The quantitative estimate of drug-likeness (QED) is 0.516. The molecule has 0 fully saturated rings. The minimum Gasteiger partial charge on any atom is -0.359 e. The minimum atomic E-state index is 0.443. The molecule has 1 heterocycles. The molecule has 0 amide bonds. The van der Waals surface area contributed by atoms with E-state index in [1.807, 2.05) is 24.3 Å². The molecule has 6 heteroatoms. The molecule has 0 unspecified atom stereocenters. The van der Waals surface area contributed by atoms with E-state index in [4.69, 9.17) is 12.2 Å². The maximum atomic E-state index is 9.22. The Morgan fingerprint density at radius 3 is 3.00 bits per heavy atom.